The number of thiazole rings is 1. The van der Waals surface area contributed by atoms with Crippen LogP contribution in [0.15, 0.2) is 22.3 Å². The van der Waals surface area contributed by atoms with Crippen LogP contribution in [0.5, 0.6) is 0 Å². The lowest BCUT2D eigenvalue weighted by Gasteiger charge is -2.48. The van der Waals surface area contributed by atoms with Gasteiger partial charge in [-0.05, 0) is 12.5 Å². The summed E-state index contributed by atoms with van der Waals surface area (Å²) in [6, 6.07) is -0.849. The fourth-order valence-corrected chi connectivity index (χ4v) is 4.29. The van der Waals surface area contributed by atoms with Crippen LogP contribution in [0, 0.1) is 0 Å². The molecule has 0 aromatic carbocycles. The third-order valence-electron chi connectivity index (χ3n) is 3.78. The molecule has 1 aromatic heterocycles. The number of rotatable bonds is 7. The van der Waals surface area contributed by atoms with Crippen LogP contribution in [0.25, 0.3) is 0 Å². The maximum atomic E-state index is 12.7. The van der Waals surface area contributed by atoms with Gasteiger partial charge in [0.05, 0.1) is 0 Å². The highest BCUT2D eigenvalue weighted by Crippen LogP contribution is 2.37. The zero-order valence-corrected chi connectivity index (χ0v) is 15.9. The number of hydrogen-bond donors (Lipinski definition) is 3. The Morgan fingerprint density at radius 1 is 1.56 bits per heavy atom. The fourth-order valence-electron chi connectivity index (χ4n) is 2.55. The summed E-state index contributed by atoms with van der Waals surface area (Å²) in [5.74, 6) is -1.86. The molecule has 2 amide bonds. The first-order valence-corrected chi connectivity index (χ1v) is 9.97. The van der Waals surface area contributed by atoms with Gasteiger partial charge in [0.1, 0.15) is 29.4 Å². The van der Waals surface area contributed by atoms with Crippen molar-refractivity contribution in [3.05, 3.63) is 22.8 Å². The standard InChI is InChI=1S/C15H17N5O5S2/c1-2-4-25-19-9(7-6-27-15(16)17-7)11(21)18-10-12(22)20-8(14(23)24)3-5-26-13(10)20/h3,6,10,13H,2,4-5H2,1H3,(H2,16,17)(H,18,21)(H,23,24)/b19-9-/t10-,13-/m1/s1. The van der Waals surface area contributed by atoms with Crippen molar-refractivity contribution in [2.75, 3.05) is 18.1 Å². The van der Waals surface area contributed by atoms with Crippen LogP contribution in [-0.2, 0) is 19.2 Å². The summed E-state index contributed by atoms with van der Waals surface area (Å²) in [6.45, 7) is 2.21. The van der Waals surface area contributed by atoms with Gasteiger partial charge < -0.3 is 21.0 Å². The summed E-state index contributed by atoms with van der Waals surface area (Å²) < 4.78 is 0. The van der Waals surface area contributed by atoms with Gasteiger partial charge in [-0.2, -0.15) is 0 Å². The third-order valence-corrected chi connectivity index (χ3v) is 5.64. The first-order chi connectivity index (χ1) is 12.9. The SMILES string of the molecule is CCCO/N=C(\C(=O)N[C@@H]1C(=O)N2C(C(=O)O)=CCS[C@H]12)c1csc(N)n1. The average molecular weight is 411 g/mol. The lowest BCUT2D eigenvalue weighted by atomic mass is 10.0. The fraction of sp³-hybridized carbons (Fsp3) is 0.400. The number of amides is 2. The number of thioether (sulfide) groups is 1. The zero-order chi connectivity index (χ0) is 19.6. The second-order valence-corrected chi connectivity index (χ2v) is 7.66. The van der Waals surface area contributed by atoms with Gasteiger partial charge in [0, 0.05) is 11.1 Å². The second kappa shape index (κ2) is 7.96. The number of aromatic nitrogens is 1. The second-order valence-electron chi connectivity index (χ2n) is 5.62. The molecule has 0 saturated carbocycles. The molecule has 0 spiro atoms. The largest absolute Gasteiger partial charge is 0.477 e. The Morgan fingerprint density at radius 2 is 2.33 bits per heavy atom. The molecular weight excluding hydrogens is 394 g/mol. The van der Waals surface area contributed by atoms with Gasteiger partial charge in [-0.15, -0.1) is 23.1 Å². The molecule has 27 heavy (non-hydrogen) atoms. The van der Waals surface area contributed by atoms with E-state index in [9.17, 15) is 19.5 Å². The van der Waals surface area contributed by atoms with Crippen LogP contribution >= 0.6 is 23.1 Å². The average Bonchev–Trinajstić information content (AvgIpc) is 3.08. The lowest BCUT2D eigenvalue weighted by molar-refractivity contribution is -0.150. The highest BCUT2D eigenvalue weighted by molar-refractivity contribution is 8.00. The van der Waals surface area contributed by atoms with E-state index in [4.69, 9.17) is 10.6 Å². The van der Waals surface area contributed by atoms with Gasteiger partial charge in [0.2, 0.25) is 0 Å². The molecule has 3 rings (SSSR count). The number of carbonyl (C=O) groups excluding carboxylic acids is 2. The van der Waals surface area contributed by atoms with E-state index in [1.807, 2.05) is 6.92 Å². The molecule has 0 unspecified atom stereocenters. The number of anilines is 1. The van der Waals surface area contributed by atoms with E-state index in [0.717, 1.165) is 11.3 Å². The molecule has 1 aromatic rings. The van der Waals surface area contributed by atoms with Crippen molar-refractivity contribution in [3.8, 4) is 0 Å². The van der Waals surface area contributed by atoms with Crippen molar-refractivity contribution >= 4 is 51.7 Å². The molecule has 1 saturated heterocycles. The summed E-state index contributed by atoms with van der Waals surface area (Å²) >= 11 is 2.52. The monoisotopic (exact) mass is 411 g/mol. The van der Waals surface area contributed by atoms with Crippen molar-refractivity contribution in [1.29, 1.82) is 0 Å². The number of hydrogen-bond acceptors (Lipinski definition) is 9. The molecular formula is C15H17N5O5S2. The van der Waals surface area contributed by atoms with Crippen molar-refractivity contribution in [1.82, 2.24) is 15.2 Å². The predicted molar refractivity (Wildman–Crippen MR) is 100 cm³/mol. The van der Waals surface area contributed by atoms with E-state index in [1.54, 1.807) is 5.38 Å². The molecule has 10 nitrogen and oxygen atoms in total. The van der Waals surface area contributed by atoms with E-state index in [1.165, 1.54) is 22.7 Å². The van der Waals surface area contributed by atoms with Crippen molar-refractivity contribution < 1.29 is 24.3 Å². The summed E-state index contributed by atoms with van der Waals surface area (Å²) in [7, 11) is 0. The number of carboxylic acids is 1. The summed E-state index contributed by atoms with van der Waals surface area (Å²) in [5.41, 5.74) is 5.71. The Hall–Kier alpha value is -2.60. The molecule has 0 aliphatic carbocycles. The number of nitrogens with one attached hydrogen (secondary N) is 1. The molecule has 2 atom stereocenters. The Morgan fingerprint density at radius 3 is 2.96 bits per heavy atom. The van der Waals surface area contributed by atoms with Gasteiger partial charge in [0.25, 0.3) is 11.8 Å². The van der Waals surface area contributed by atoms with Crippen LogP contribution in [0.4, 0.5) is 5.13 Å². The van der Waals surface area contributed by atoms with Gasteiger partial charge in [-0.25, -0.2) is 9.78 Å². The Kier molecular flexibility index (Phi) is 5.65. The van der Waals surface area contributed by atoms with Gasteiger partial charge >= 0.3 is 5.97 Å². The van der Waals surface area contributed by atoms with E-state index in [-0.39, 0.29) is 22.2 Å². The summed E-state index contributed by atoms with van der Waals surface area (Å²) in [5, 5.41) is 17.0. The van der Waals surface area contributed by atoms with Crippen LogP contribution < -0.4 is 11.1 Å². The van der Waals surface area contributed by atoms with Crippen molar-refractivity contribution in [2.45, 2.75) is 24.8 Å². The number of fused-ring (bicyclic) bond motifs is 1. The molecule has 2 aliphatic heterocycles. The molecule has 12 heteroatoms. The maximum absolute atomic E-state index is 12.7. The minimum atomic E-state index is -1.17. The number of carboxylic acid groups (broad SMARTS) is 1. The van der Waals surface area contributed by atoms with E-state index in [0.29, 0.717) is 18.8 Å². The summed E-state index contributed by atoms with van der Waals surface area (Å²) in [6.07, 6.45) is 2.18. The Labute approximate surface area is 162 Å². The Balaban J connectivity index is 1.75. The number of carbonyl (C=O) groups is 3. The van der Waals surface area contributed by atoms with E-state index >= 15 is 0 Å². The number of aliphatic carboxylic acids is 1. The minimum absolute atomic E-state index is 0.0679. The third kappa shape index (κ3) is 3.76. The molecule has 0 bridgehead atoms. The minimum Gasteiger partial charge on any atom is -0.477 e. The number of nitrogen functional groups attached to an aromatic ring is 1. The van der Waals surface area contributed by atoms with Crippen LogP contribution in [-0.4, -0.2) is 62.3 Å². The molecule has 4 N–H and O–H groups in total. The molecule has 3 heterocycles. The van der Waals surface area contributed by atoms with Gasteiger partial charge in [-0.3, -0.25) is 14.5 Å². The smallest absolute Gasteiger partial charge is 0.352 e. The van der Waals surface area contributed by atoms with Crippen molar-refractivity contribution in [3.63, 3.8) is 0 Å². The lowest BCUT2D eigenvalue weighted by Crippen LogP contribution is -2.70. The number of nitrogens with two attached hydrogens (primary N) is 1. The molecule has 2 aliphatic rings. The zero-order valence-electron chi connectivity index (χ0n) is 14.2. The highest BCUT2D eigenvalue weighted by atomic mass is 32.2. The first kappa shape index (κ1) is 19.2. The number of nitrogens with zero attached hydrogens (tertiary/aromatic N) is 3. The highest BCUT2D eigenvalue weighted by Gasteiger charge is 2.53. The van der Waals surface area contributed by atoms with Crippen LogP contribution in [0.3, 0.4) is 0 Å². The van der Waals surface area contributed by atoms with Gasteiger partial charge in [0.15, 0.2) is 10.8 Å². The topological polar surface area (TPSA) is 147 Å². The van der Waals surface area contributed by atoms with Crippen molar-refractivity contribution in [2.24, 2.45) is 5.16 Å². The van der Waals surface area contributed by atoms with E-state index in [2.05, 4.69) is 15.5 Å². The molecule has 144 valence electrons. The van der Waals surface area contributed by atoms with Crippen LogP contribution in [0.2, 0.25) is 0 Å². The predicted octanol–water partition coefficient (Wildman–Crippen LogP) is 0.224. The summed E-state index contributed by atoms with van der Waals surface area (Å²) in [4.78, 5) is 46.6. The normalized spacial score (nSPS) is 21.8. The Bertz CT molecular complexity index is 836. The number of oxime groups is 1. The molecule has 1 fully saturated rings. The van der Waals surface area contributed by atoms with Crippen LogP contribution in [0.1, 0.15) is 19.0 Å². The van der Waals surface area contributed by atoms with E-state index < -0.39 is 29.2 Å². The quantitative estimate of drug-likeness (QED) is 0.250. The number of β-lactam (4-membered cyclic amide) rings is 1. The van der Waals surface area contributed by atoms with Gasteiger partial charge in [-0.1, -0.05) is 12.1 Å². The first-order valence-electron chi connectivity index (χ1n) is 8.04. The molecule has 0 radical (unpaired) electrons. The maximum Gasteiger partial charge on any atom is 0.352 e.